The van der Waals surface area contributed by atoms with Crippen molar-refractivity contribution in [3.8, 4) is 0 Å². The Bertz CT molecular complexity index is 778. The van der Waals surface area contributed by atoms with E-state index in [2.05, 4.69) is 62.3 Å². The number of imidazole rings is 1. The van der Waals surface area contributed by atoms with Crippen molar-refractivity contribution in [1.29, 1.82) is 0 Å². The van der Waals surface area contributed by atoms with E-state index in [4.69, 9.17) is 0 Å². The highest BCUT2D eigenvalue weighted by atomic mass is 15.3. The fourth-order valence-corrected chi connectivity index (χ4v) is 3.91. The first-order valence-electron chi connectivity index (χ1n) is 9.64. The molecule has 3 aromatic rings. The van der Waals surface area contributed by atoms with Crippen LogP contribution in [0, 0.1) is 0 Å². The minimum absolute atomic E-state index is 0.620. The minimum Gasteiger partial charge on any atom is -0.329 e. The van der Waals surface area contributed by atoms with E-state index in [1.807, 2.05) is 23.1 Å². The summed E-state index contributed by atoms with van der Waals surface area (Å²) in [5.74, 6) is 1.17. The molecular weight excluding hydrogens is 322 g/mol. The molecule has 136 valence electrons. The average Bonchev–Trinajstić information content (AvgIpc) is 3.34. The van der Waals surface area contributed by atoms with Gasteiger partial charge in [0, 0.05) is 43.9 Å². The van der Waals surface area contributed by atoms with Gasteiger partial charge in [0.25, 0.3) is 0 Å². The number of benzene rings is 1. The van der Waals surface area contributed by atoms with Gasteiger partial charge in [-0.05, 0) is 37.4 Å². The SMILES string of the molecule is c1ccc(Cn2ccnc2CN2CCCCC2CCn2cccn2)cc1. The maximum absolute atomic E-state index is 4.65. The van der Waals surface area contributed by atoms with Crippen molar-refractivity contribution >= 4 is 0 Å². The van der Waals surface area contributed by atoms with Crippen LogP contribution in [0.3, 0.4) is 0 Å². The third kappa shape index (κ3) is 4.22. The summed E-state index contributed by atoms with van der Waals surface area (Å²) >= 11 is 0. The lowest BCUT2D eigenvalue weighted by Gasteiger charge is -2.35. The number of hydrogen-bond donors (Lipinski definition) is 0. The Morgan fingerprint density at radius 3 is 2.73 bits per heavy atom. The Kier molecular flexibility index (Phi) is 5.45. The van der Waals surface area contributed by atoms with E-state index >= 15 is 0 Å². The lowest BCUT2D eigenvalue weighted by molar-refractivity contribution is 0.123. The van der Waals surface area contributed by atoms with Crippen molar-refractivity contribution in [2.24, 2.45) is 0 Å². The van der Waals surface area contributed by atoms with Crippen LogP contribution in [0.5, 0.6) is 0 Å². The van der Waals surface area contributed by atoms with Gasteiger partial charge in [-0.25, -0.2) is 4.98 Å². The van der Waals surface area contributed by atoms with Crippen molar-refractivity contribution in [3.63, 3.8) is 0 Å². The normalized spacial score (nSPS) is 18.2. The smallest absolute Gasteiger partial charge is 0.123 e. The number of piperidine rings is 1. The summed E-state index contributed by atoms with van der Waals surface area (Å²) in [6.07, 6.45) is 13.0. The summed E-state index contributed by atoms with van der Waals surface area (Å²) in [5.41, 5.74) is 1.32. The zero-order chi connectivity index (χ0) is 17.6. The van der Waals surface area contributed by atoms with E-state index in [0.29, 0.717) is 6.04 Å². The molecule has 1 aliphatic heterocycles. The van der Waals surface area contributed by atoms with Gasteiger partial charge in [-0.3, -0.25) is 9.58 Å². The van der Waals surface area contributed by atoms with Crippen LogP contribution in [-0.2, 0) is 19.6 Å². The second kappa shape index (κ2) is 8.32. The van der Waals surface area contributed by atoms with E-state index < -0.39 is 0 Å². The Morgan fingerprint density at radius 1 is 0.962 bits per heavy atom. The summed E-state index contributed by atoms with van der Waals surface area (Å²) in [6.45, 7) is 3.99. The molecule has 2 aromatic heterocycles. The lowest BCUT2D eigenvalue weighted by Crippen LogP contribution is -2.40. The van der Waals surface area contributed by atoms with Gasteiger partial charge in [0.05, 0.1) is 6.54 Å². The number of hydrogen-bond acceptors (Lipinski definition) is 3. The predicted molar refractivity (Wildman–Crippen MR) is 103 cm³/mol. The van der Waals surface area contributed by atoms with Gasteiger partial charge in [-0.2, -0.15) is 5.10 Å². The van der Waals surface area contributed by atoms with Crippen LogP contribution in [0.25, 0.3) is 0 Å². The largest absolute Gasteiger partial charge is 0.329 e. The lowest BCUT2D eigenvalue weighted by atomic mass is 9.99. The number of rotatable bonds is 7. The van der Waals surface area contributed by atoms with Gasteiger partial charge < -0.3 is 4.57 Å². The van der Waals surface area contributed by atoms with Crippen molar-refractivity contribution < 1.29 is 0 Å². The molecule has 0 bridgehead atoms. The van der Waals surface area contributed by atoms with Gasteiger partial charge in [-0.1, -0.05) is 36.8 Å². The molecule has 1 unspecified atom stereocenters. The van der Waals surface area contributed by atoms with Crippen molar-refractivity contribution in [3.05, 3.63) is 72.6 Å². The summed E-state index contributed by atoms with van der Waals surface area (Å²) in [4.78, 5) is 7.28. The zero-order valence-electron chi connectivity index (χ0n) is 15.2. The van der Waals surface area contributed by atoms with Crippen LogP contribution in [-0.4, -0.2) is 36.8 Å². The van der Waals surface area contributed by atoms with E-state index in [9.17, 15) is 0 Å². The van der Waals surface area contributed by atoms with Gasteiger partial charge in [0.15, 0.2) is 0 Å². The Balaban J connectivity index is 1.41. The van der Waals surface area contributed by atoms with E-state index in [0.717, 1.165) is 26.1 Å². The Morgan fingerprint density at radius 2 is 1.88 bits per heavy atom. The van der Waals surface area contributed by atoms with Gasteiger partial charge in [0.1, 0.15) is 5.82 Å². The number of aromatic nitrogens is 4. The highest BCUT2D eigenvalue weighted by molar-refractivity contribution is 5.15. The molecule has 0 spiro atoms. The molecule has 1 aliphatic rings. The third-order valence-corrected chi connectivity index (χ3v) is 5.34. The fraction of sp³-hybridized carbons (Fsp3) is 0.429. The molecule has 1 fully saturated rings. The number of nitrogens with zero attached hydrogens (tertiary/aromatic N) is 5. The molecule has 0 aliphatic carbocycles. The highest BCUT2D eigenvalue weighted by Gasteiger charge is 2.23. The molecule has 5 nitrogen and oxygen atoms in total. The topological polar surface area (TPSA) is 38.9 Å². The second-order valence-electron chi connectivity index (χ2n) is 7.13. The molecule has 1 saturated heterocycles. The first kappa shape index (κ1) is 17.0. The second-order valence-corrected chi connectivity index (χ2v) is 7.13. The average molecular weight is 349 g/mol. The first-order valence-corrected chi connectivity index (χ1v) is 9.64. The molecule has 1 aromatic carbocycles. The Labute approximate surface area is 155 Å². The maximum Gasteiger partial charge on any atom is 0.123 e. The number of aryl methyl sites for hydroxylation is 1. The van der Waals surface area contributed by atoms with Crippen LogP contribution < -0.4 is 0 Å². The van der Waals surface area contributed by atoms with Crippen molar-refractivity contribution in [2.75, 3.05) is 6.54 Å². The molecule has 0 amide bonds. The quantitative estimate of drug-likeness (QED) is 0.654. The number of likely N-dealkylation sites (tertiary alicyclic amines) is 1. The minimum atomic E-state index is 0.620. The summed E-state index contributed by atoms with van der Waals surface area (Å²) in [7, 11) is 0. The van der Waals surface area contributed by atoms with Gasteiger partial charge in [-0.15, -0.1) is 0 Å². The van der Waals surface area contributed by atoms with Crippen LogP contribution in [0.15, 0.2) is 61.2 Å². The fourth-order valence-electron chi connectivity index (χ4n) is 3.91. The van der Waals surface area contributed by atoms with Crippen molar-refractivity contribution in [1.82, 2.24) is 24.2 Å². The highest BCUT2D eigenvalue weighted by Crippen LogP contribution is 2.22. The van der Waals surface area contributed by atoms with Crippen LogP contribution >= 0.6 is 0 Å². The molecular formula is C21H27N5. The summed E-state index contributed by atoms with van der Waals surface area (Å²) < 4.78 is 4.33. The van der Waals surface area contributed by atoms with Crippen LogP contribution in [0.2, 0.25) is 0 Å². The van der Waals surface area contributed by atoms with Gasteiger partial charge >= 0.3 is 0 Å². The molecule has 0 saturated carbocycles. The molecule has 3 heterocycles. The van der Waals surface area contributed by atoms with E-state index in [-0.39, 0.29) is 0 Å². The molecule has 0 radical (unpaired) electrons. The maximum atomic E-state index is 4.65. The third-order valence-electron chi connectivity index (χ3n) is 5.34. The molecule has 5 heteroatoms. The molecule has 4 rings (SSSR count). The monoisotopic (exact) mass is 349 g/mol. The van der Waals surface area contributed by atoms with E-state index in [1.54, 1.807) is 0 Å². The van der Waals surface area contributed by atoms with Gasteiger partial charge in [0.2, 0.25) is 0 Å². The molecule has 1 atom stereocenters. The first-order chi connectivity index (χ1) is 12.9. The summed E-state index contributed by atoms with van der Waals surface area (Å²) in [6, 6.07) is 13.2. The predicted octanol–water partition coefficient (Wildman–Crippen LogP) is 3.57. The molecule has 0 N–H and O–H groups in total. The van der Waals surface area contributed by atoms with Crippen molar-refractivity contribution in [2.45, 2.75) is 51.4 Å². The van der Waals surface area contributed by atoms with Crippen LogP contribution in [0.1, 0.15) is 37.1 Å². The Hall–Kier alpha value is -2.40. The van der Waals surface area contributed by atoms with E-state index in [1.165, 1.54) is 37.2 Å². The zero-order valence-corrected chi connectivity index (χ0v) is 15.2. The summed E-state index contributed by atoms with van der Waals surface area (Å²) in [5, 5.41) is 4.34. The molecule has 26 heavy (non-hydrogen) atoms. The van der Waals surface area contributed by atoms with Crippen LogP contribution in [0.4, 0.5) is 0 Å². The standard InChI is InChI=1S/C21H27N5/c1-2-7-19(8-3-1)17-25-16-12-22-21(25)18-24-13-5-4-9-20(24)10-15-26-14-6-11-23-26/h1-3,6-8,11-12,14,16,20H,4-5,9-10,13,15,17-18H2.